The van der Waals surface area contributed by atoms with Crippen LogP contribution in [0.2, 0.25) is 0 Å². The monoisotopic (exact) mass is 297 g/mol. The fourth-order valence-corrected chi connectivity index (χ4v) is 2.27. The van der Waals surface area contributed by atoms with Crippen molar-refractivity contribution in [2.75, 3.05) is 18.4 Å². The van der Waals surface area contributed by atoms with Crippen molar-refractivity contribution in [2.45, 2.75) is 19.0 Å². The molecule has 0 bridgehead atoms. The molecule has 1 heterocycles. The second-order valence-corrected chi connectivity index (χ2v) is 4.90. The van der Waals surface area contributed by atoms with Crippen molar-refractivity contribution in [2.24, 2.45) is 5.92 Å². The van der Waals surface area contributed by atoms with Crippen LogP contribution in [0.3, 0.4) is 0 Å². The average molecular weight is 297 g/mol. The summed E-state index contributed by atoms with van der Waals surface area (Å²) in [7, 11) is 0. The molecule has 2 N–H and O–H groups in total. The highest BCUT2D eigenvalue weighted by atomic mass is 19.4. The van der Waals surface area contributed by atoms with Crippen LogP contribution in [0.25, 0.3) is 0 Å². The van der Waals surface area contributed by atoms with Crippen LogP contribution in [0, 0.1) is 17.2 Å². The number of nitrogens with one attached hydrogen (secondary N) is 2. The zero-order valence-electron chi connectivity index (χ0n) is 11.1. The lowest BCUT2D eigenvalue weighted by molar-refractivity contribution is -0.137. The molecule has 1 aliphatic heterocycles. The predicted molar refractivity (Wildman–Crippen MR) is 70.4 cm³/mol. The number of carbonyl (C=O) groups is 1. The van der Waals surface area contributed by atoms with E-state index in [2.05, 4.69) is 10.6 Å². The van der Waals surface area contributed by atoms with Gasteiger partial charge in [0.2, 0.25) is 5.91 Å². The normalized spacial score (nSPS) is 18.9. The summed E-state index contributed by atoms with van der Waals surface area (Å²) in [5, 5.41) is 14.1. The molecule has 0 aliphatic carbocycles. The van der Waals surface area contributed by atoms with Gasteiger partial charge in [-0.25, -0.2) is 0 Å². The van der Waals surface area contributed by atoms with E-state index in [4.69, 9.17) is 5.26 Å². The molecule has 1 atom stereocenters. The minimum atomic E-state index is -4.62. The minimum absolute atomic E-state index is 0.0975. The standard InChI is InChI=1S/C14H14F3N3O/c15-14(16,17)11-6-9(7-18)3-4-12(11)20-13(21)10-2-1-5-19-8-10/h3-4,6,10,19H,1-2,5,8H2,(H,20,21)/t10-/m0/s1. The van der Waals surface area contributed by atoms with Gasteiger partial charge in [-0.1, -0.05) is 0 Å². The van der Waals surface area contributed by atoms with Gasteiger partial charge < -0.3 is 10.6 Å². The first-order valence-corrected chi connectivity index (χ1v) is 6.54. The second kappa shape index (κ2) is 6.14. The Labute approximate surface area is 119 Å². The van der Waals surface area contributed by atoms with Crippen molar-refractivity contribution in [1.29, 1.82) is 5.26 Å². The molecule has 1 aromatic carbocycles. The maximum absolute atomic E-state index is 13.0. The summed E-state index contributed by atoms with van der Waals surface area (Å²) >= 11 is 0. The Morgan fingerprint density at radius 2 is 2.19 bits per heavy atom. The molecule has 1 aliphatic rings. The van der Waals surface area contributed by atoms with Crippen LogP contribution in [-0.4, -0.2) is 19.0 Å². The number of piperidine rings is 1. The highest BCUT2D eigenvalue weighted by Gasteiger charge is 2.35. The largest absolute Gasteiger partial charge is 0.418 e. The van der Waals surface area contributed by atoms with Crippen LogP contribution in [0.1, 0.15) is 24.0 Å². The summed E-state index contributed by atoms with van der Waals surface area (Å²) in [6.45, 7) is 1.28. The van der Waals surface area contributed by atoms with Gasteiger partial charge in [0.25, 0.3) is 0 Å². The number of rotatable bonds is 2. The number of alkyl halides is 3. The van der Waals surface area contributed by atoms with Crippen LogP contribution in [0.15, 0.2) is 18.2 Å². The van der Waals surface area contributed by atoms with E-state index in [9.17, 15) is 18.0 Å². The molecule has 1 saturated heterocycles. The van der Waals surface area contributed by atoms with Crippen molar-refractivity contribution in [3.8, 4) is 6.07 Å². The molecule has 4 nitrogen and oxygen atoms in total. The molecule has 0 unspecified atom stereocenters. The molecular weight excluding hydrogens is 283 g/mol. The smallest absolute Gasteiger partial charge is 0.325 e. The molecule has 1 fully saturated rings. The SMILES string of the molecule is N#Cc1ccc(NC(=O)[C@H]2CCCNC2)c(C(F)(F)F)c1. The molecule has 112 valence electrons. The van der Waals surface area contributed by atoms with E-state index in [0.29, 0.717) is 13.0 Å². The number of carbonyl (C=O) groups excluding carboxylic acids is 1. The summed E-state index contributed by atoms with van der Waals surface area (Å²) in [6.07, 6.45) is -3.16. The Kier molecular flexibility index (Phi) is 4.48. The number of hydrogen-bond acceptors (Lipinski definition) is 3. The first-order valence-electron chi connectivity index (χ1n) is 6.54. The van der Waals surface area contributed by atoms with Gasteiger partial charge in [-0.15, -0.1) is 0 Å². The maximum atomic E-state index is 13.0. The number of halogens is 3. The number of anilines is 1. The lowest BCUT2D eigenvalue weighted by Gasteiger charge is -2.23. The van der Waals surface area contributed by atoms with Gasteiger partial charge in [-0.2, -0.15) is 18.4 Å². The molecule has 1 amide bonds. The summed E-state index contributed by atoms with van der Waals surface area (Å²) < 4.78 is 39.0. The van der Waals surface area contributed by atoms with Crippen LogP contribution >= 0.6 is 0 Å². The molecule has 21 heavy (non-hydrogen) atoms. The summed E-state index contributed by atoms with van der Waals surface area (Å²) in [6, 6.07) is 4.78. The minimum Gasteiger partial charge on any atom is -0.325 e. The van der Waals surface area contributed by atoms with Gasteiger partial charge in [0, 0.05) is 6.54 Å². The van der Waals surface area contributed by atoms with Crippen LogP contribution in [0.5, 0.6) is 0 Å². The van der Waals surface area contributed by atoms with Crippen molar-refractivity contribution >= 4 is 11.6 Å². The van der Waals surface area contributed by atoms with Gasteiger partial charge >= 0.3 is 6.18 Å². The highest BCUT2D eigenvalue weighted by Crippen LogP contribution is 2.35. The zero-order valence-corrected chi connectivity index (χ0v) is 11.1. The second-order valence-electron chi connectivity index (χ2n) is 4.90. The van der Waals surface area contributed by atoms with Gasteiger partial charge in [-0.05, 0) is 37.6 Å². The molecular formula is C14H14F3N3O. The van der Waals surface area contributed by atoms with Gasteiger partial charge in [-0.3, -0.25) is 4.79 Å². The molecule has 0 spiro atoms. The topological polar surface area (TPSA) is 64.9 Å². The van der Waals surface area contributed by atoms with Crippen LogP contribution in [0.4, 0.5) is 18.9 Å². The molecule has 0 saturated carbocycles. The number of hydrogen-bond donors (Lipinski definition) is 2. The van der Waals surface area contributed by atoms with Crippen molar-refractivity contribution < 1.29 is 18.0 Å². The third kappa shape index (κ3) is 3.73. The van der Waals surface area contributed by atoms with Crippen molar-refractivity contribution in [3.05, 3.63) is 29.3 Å². The number of amides is 1. The number of nitriles is 1. The van der Waals surface area contributed by atoms with Gasteiger partial charge in [0.05, 0.1) is 28.8 Å². The first kappa shape index (κ1) is 15.3. The first-order chi connectivity index (χ1) is 9.91. The van der Waals surface area contributed by atoms with E-state index in [0.717, 1.165) is 25.1 Å². The van der Waals surface area contributed by atoms with E-state index < -0.39 is 17.6 Å². The van der Waals surface area contributed by atoms with E-state index in [1.165, 1.54) is 6.07 Å². The predicted octanol–water partition coefficient (Wildman–Crippen LogP) is 2.52. The lowest BCUT2D eigenvalue weighted by Crippen LogP contribution is -2.37. The van der Waals surface area contributed by atoms with Gasteiger partial charge in [0.15, 0.2) is 0 Å². The van der Waals surface area contributed by atoms with Crippen molar-refractivity contribution in [3.63, 3.8) is 0 Å². The third-order valence-electron chi connectivity index (χ3n) is 3.38. The molecule has 0 radical (unpaired) electrons. The van der Waals surface area contributed by atoms with E-state index in [-0.39, 0.29) is 17.2 Å². The van der Waals surface area contributed by atoms with Gasteiger partial charge in [0.1, 0.15) is 0 Å². The highest BCUT2D eigenvalue weighted by molar-refractivity contribution is 5.93. The number of nitrogens with zero attached hydrogens (tertiary/aromatic N) is 1. The fourth-order valence-electron chi connectivity index (χ4n) is 2.27. The summed E-state index contributed by atoms with van der Waals surface area (Å²) in [4.78, 5) is 12.0. The van der Waals surface area contributed by atoms with E-state index in [1.807, 2.05) is 0 Å². The summed E-state index contributed by atoms with van der Waals surface area (Å²) in [5.41, 5.74) is -1.41. The molecule has 0 aromatic heterocycles. The number of benzene rings is 1. The van der Waals surface area contributed by atoms with Crippen LogP contribution in [-0.2, 0) is 11.0 Å². The van der Waals surface area contributed by atoms with Crippen molar-refractivity contribution in [1.82, 2.24) is 5.32 Å². The van der Waals surface area contributed by atoms with E-state index >= 15 is 0 Å². The maximum Gasteiger partial charge on any atom is 0.418 e. The van der Waals surface area contributed by atoms with Crippen LogP contribution < -0.4 is 10.6 Å². The average Bonchev–Trinajstić information content (AvgIpc) is 2.47. The Balaban J connectivity index is 2.23. The third-order valence-corrected chi connectivity index (χ3v) is 3.38. The quantitative estimate of drug-likeness (QED) is 0.881. The lowest BCUT2D eigenvalue weighted by atomic mass is 9.98. The fraction of sp³-hybridized carbons (Fsp3) is 0.429. The Hall–Kier alpha value is -2.07. The zero-order chi connectivity index (χ0) is 15.5. The Bertz CT molecular complexity index is 572. The van der Waals surface area contributed by atoms with E-state index in [1.54, 1.807) is 6.07 Å². The molecule has 2 rings (SSSR count). The summed E-state index contributed by atoms with van der Waals surface area (Å²) in [5.74, 6) is -0.770. The molecule has 1 aromatic rings. The Morgan fingerprint density at radius 1 is 1.43 bits per heavy atom. The Morgan fingerprint density at radius 3 is 2.76 bits per heavy atom. The molecule has 7 heteroatoms.